The predicted molar refractivity (Wildman–Crippen MR) is 167 cm³/mol. The molecule has 1 N–H and O–H groups in total. The van der Waals surface area contributed by atoms with Gasteiger partial charge in [-0.15, -0.1) is 34.9 Å². The number of pyridine rings is 1. The van der Waals surface area contributed by atoms with Gasteiger partial charge in [-0.1, -0.05) is 76.2 Å². The number of fused-ring (bicyclic) bond motifs is 2. The van der Waals surface area contributed by atoms with Crippen LogP contribution in [-0.2, 0) is 20.1 Å². The van der Waals surface area contributed by atoms with Crippen molar-refractivity contribution in [1.82, 2.24) is 14.5 Å². The van der Waals surface area contributed by atoms with E-state index in [2.05, 4.69) is 99.6 Å². The average Bonchev–Trinajstić information content (AvgIpc) is 3.32. The molecule has 41 heavy (non-hydrogen) atoms. The van der Waals surface area contributed by atoms with E-state index in [1.165, 1.54) is 21.9 Å². The predicted octanol–water partition coefficient (Wildman–Crippen LogP) is 9.43. The summed E-state index contributed by atoms with van der Waals surface area (Å²) in [4.78, 5) is 9.42. The Morgan fingerprint density at radius 1 is 0.805 bits per heavy atom. The summed E-state index contributed by atoms with van der Waals surface area (Å²) in [6, 6.07) is 32.0. The third-order valence-corrected chi connectivity index (χ3v) is 7.11. The van der Waals surface area contributed by atoms with Crippen LogP contribution in [0.5, 0.6) is 5.75 Å². The van der Waals surface area contributed by atoms with E-state index in [-0.39, 0.29) is 31.9 Å². The zero-order chi connectivity index (χ0) is 28.4. The average molecular weight is 719 g/mol. The number of hydrogen-bond donors (Lipinski definition) is 1. The topological polar surface area (TPSA) is 50.9 Å². The van der Waals surface area contributed by atoms with E-state index in [1.54, 1.807) is 6.07 Å². The number of phenolic OH excluding ortho intramolecular Hbond substituents is 1. The molecule has 0 fully saturated rings. The zero-order valence-corrected chi connectivity index (χ0v) is 26.8. The molecule has 0 amide bonds. The van der Waals surface area contributed by atoms with Gasteiger partial charge in [0.15, 0.2) is 0 Å². The van der Waals surface area contributed by atoms with Crippen LogP contribution in [-0.4, -0.2) is 19.6 Å². The number of nitrogens with zero attached hydrogens (tertiary/aromatic N) is 3. The fourth-order valence-electron chi connectivity index (χ4n) is 5.33. The Hall–Kier alpha value is -3.79. The van der Waals surface area contributed by atoms with E-state index in [4.69, 9.17) is 4.98 Å². The first-order valence-electron chi connectivity index (χ1n) is 13.9. The van der Waals surface area contributed by atoms with Gasteiger partial charge in [-0.25, -0.2) is 4.98 Å². The van der Waals surface area contributed by atoms with E-state index >= 15 is 0 Å². The van der Waals surface area contributed by atoms with Gasteiger partial charge in [-0.05, 0) is 66.1 Å². The number of phenols is 1. The number of para-hydroxylation sites is 3. The minimum atomic E-state index is 0. The molecule has 0 saturated heterocycles. The standard InChI is InChI=1S/C20H20N.C16H16N2O.Ir/c1-13(2)19-12-21-20(18-8-6-5-7-17(18)19)16-10-14(3)9-15(4)11-16;1-11(2)18-14-9-5-4-8-13(14)17-16(18)12-7-3-6-10-15(12)19;/h5-10,12-13H,1-4H3;3-11,19H,1-2H3;/q-1;;. The van der Waals surface area contributed by atoms with Gasteiger partial charge in [0.1, 0.15) is 11.6 Å². The molecular formula is C36H36IrN3O-. The van der Waals surface area contributed by atoms with Crippen molar-refractivity contribution in [2.24, 2.45) is 0 Å². The minimum absolute atomic E-state index is 0. The van der Waals surface area contributed by atoms with Crippen LogP contribution in [0.1, 0.15) is 56.3 Å². The molecule has 5 heteroatoms. The molecule has 0 aliphatic heterocycles. The maximum Gasteiger partial charge on any atom is 0.145 e. The summed E-state index contributed by atoms with van der Waals surface area (Å²) in [6.07, 6.45) is 2.02. The third-order valence-electron chi connectivity index (χ3n) is 7.11. The number of aromatic nitrogens is 3. The molecule has 6 rings (SSSR count). The van der Waals surface area contributed by atoms with Gasteiger partial charge in [0.2, 0.25) is 0 Å². The second-order valence-corrected chi connectivity index (χ2v) is 10.9. The molecular weight excluding hydrogens is 683 g/mol. The van der Waals surface area contributed by atoms with Crippen molar-refractivity contribution in [3.8, 4) is 28.4 Å². The number of aromatic hydroxyl groups is 1. The molecule has 0 saturated carbocycles. The molecule has 1 radical (unpaired) electrons. The number of benzene rings is 4. The Morgan fingerprint density at radius 2 is 1.46 bits per heavy atom. The minimum Gasteiger partial charge on any atom is -0.507 e. The molecule has 2 heterocycles. The van der Waals surface area contributed by atoms with Gasteiger partial charge in [-0.3, -0.25) is 0 Å². The Labute approximate surface area is 256 Å². The van der Waals surface area contributed by atoms with Crippen molar-refractivity contribution >= 4 is 21.8 Å². The number of imidazole rings is 1. The maximum atomic E-state index is 10.0. The van der Waals surface area contributed by atoms with E-state index in [0.717, 1.165) is 39.2 Å². The first kappa shape index (κ1) is 30.2. The number of hydrogen-bond acceptors (Lipinski definition) is 3. The van der Waals surface area contributed by atoms with Gasteiger partial charge in [0.05, 0.1) is 16.6 Å². The van der Waals surface area contributed by atoms with Crippen molar-refractivity contribution in [2.45, 2.75) is 53.5 Å². The van der Waals surface area contributed by atoms with Gasteiger partial charge in [0.25, 0.3) is 0 Å². The summed E-state index contributed by atoms with van der Waals surface area (Å²) >= 11 is 0. The van der Waals surface area contributed by atoms with Crippen molar-refractivity contribution in [1.29, 1.82) is 0 Å². The fourth-order valence-corrected chi connectivity index (χ4v) is 5.33. The molecule has 0 atom stereocenters. The van der Waals surface area contributed by atoms with Crippen LogP contribution >= 0.6 is 0 Å². The summed E-state index contributed by atoms with van der Waals surface area (Å²) in [7, 11) is 0. The molecule has 0 aliphatic rings. The summed E-state index contributed by atoms with van der Waals surface area (Å²) in [5.41, 5.74) is 8.64. The second kappa shape index (κ2) is 12.8. The van der Waals surface area contributed by atoms with Gasteiger partial charge in [-0.2, -0.15) is 0 Å². The fraction of sp³-hybridized carbons (Fsp3) is 0.222. The molecule has 0 aliphatic carbocycles. The van der Waals surface area contributed by atoms with Crippen molar-refractivity contribution in [3.63, 3.8) is 0 Å². The van der Waals surface area contributed by atoms with Gasteiger partial charge < -0.3 is 14.7 Å². The first-order valence-corrected chi connectivity index (χ1v) is 13.9. The summed E-state index contributed by atoms with van der Waals surface area (Å²) in [5, 5.41) is 12.6. The van der Waals surface area contributed by atoms with Crippen molar-refractivity contribution in [2.75, 3.05) is 0 Å². The molecule has 6 aromatic rings. The Morgan fingerprint density at radius 3 is 2.15 bits per heavy atom. The molecule has 0 unspecified atom stereocenters. The molecule has 2 aromatic heterocycles. The Bertz CT molecular complexity index is 1780. The molecule has 0 spiro atoms. The third kappa shape index (κ3) is 6.27. The van der Waals surface area contributed by atoms with Crippen molar-refractivity contribution < 1.29 is 25.2 Å². The van der Waals surface area contributed by atoms with Crippen LogP contribution in [0.15, 0.2) is 91.1 Å². The van der Waals surface area contributed by atoms with Gasteiger partial charge >= 0.3 is 0 Å². The Kier molecular flexibility index (Phi) is 9.42. The number of rotatable bonds is 4. The first-order chi connectivity index (χ1) is 19.2. The molecule has 4 aromatic carbocycles. The largest absolute Gasteiger partial charge is 0.507 e. The summed E-state index contributed by atoms with van der Waals surface area (Å²) in [6.45, 7) is 12.9. The van der Waals surface area contributed by atoms with E-state index in [0.29, 0.717) is 5.92 Å². The van der Waals surface area contributed by atoms with E-state index < -0.39 is 0 Å². The summed E-state index contributed by atoms with van der Waals surface area (Å²) in [5.74, 6) is 1.55. The van der Waals surface area contributed by atoms with Crippen LogP contribution in [0, 0.1) is 19.9 Å². The smallest absolute Gasteiger partial charge is 0.145 e. The zero-order valence-electron chi connectivity index (χ0n) is 24.4. The van der Waals surface area contributed by atoms with Crippen LogP contribution in [0.2, 0.25) is 0 Å². The van der Waals surface area contributed by atoms with Gasteiger partial charge in [0, 0.05) is 32.3 Å². The molecule has 4 nitrogen and oxygen atoms in total. The monoisotopic (exact) mass is 719 g/mol. The normalized spacial score (nSPS) is 11.0. The Balaban J connectivity index is 0.000000185. The van der Waals surface area contributed by atoms with Crippen LogP contribution in [0.3, 0.4) is 0 Å². The quantitative estimate of drug-likeness (QED) is 0.185. The van der Waals surface area contributed by atoms with E-state index in [1.807, 2.05) is 42.6 Å². The van der Waals surface area contributed by atoms with Crippen LogP contribution in [0.25, 0.3) is 44.5 Å². The van der Waals surface area contributed by atoms with Crippen LogP contribution < -0.4 is 0 Å². The maximum absolute atomic E-state index is 10.0. The molecule has 0 bridgehead atoms. The summed E-state index contributed by atoms with van der Waals surface area (Å²) < 4.78 is 2.16. The van der Waals surface area contributed by atoms with Crippen LogP contribution in [0.4, 0.5) is 0 Å². The van der Waals surface area contributed by atoms with Crippen molar-refractivity contribution in [3.05, 3.63) is 114 Å². The molecule has 211 valence electrons. The number of aryl methyl sites for hydroxylation is 2. The second-order valence-electron chi connectivity index (χ2n) is 10.9. The SMILES string of the molecule is CC(C)n1c(-c2ccccc2O)nc2ccccc21.Cc1[c-]c(-c2ncc(C(C)C)c3ccccc23)cc(C)c1.[Ir]. The van der Waals surface area contributed by atoms with E-state index in [9.17, 15) is 5.11 Å².